The summed E-state index contributed by atoms with van der Waals surface area (Å²) in [5, 5.41) is 2.61. The lowest BCUT2D eigenvalue weighted by molar-refractivity contribution is -0.120. The molecule has 1 N–H and O–H groups in total. The highest BCUT2D eigenvalue weighted by molar-refractivity contribution is 7.89. The number of ketones is 1. The lowest BCUT2D eigenvalue weighted by atomic mass is 9.94. The third-order valence-corrected chi connectivity index (χ3v) is 7.39. The number of carbonyl (C=O) groups excluding carboxylic acids is 2. The maximum absolute atomic E-state index is 13.3. The lowest BCUT2D eigenvalue weighted by Crippen LogP contribution is -2.42. The van der Waals surface area contributed by atoms with Crippen LogP contribution in [-0.2, 0) is 19.6 Å². The molecule has 0 saturated heterocycles. The van der Waals surface area contributed by atoms with Gasteiger partial charge in [-0.3, -0.25) is 10.1 Å². The van der Waals surface area contributed by atoms with E-state index >= 15 is 0 Å². The minimum atomic E-state index is -3.78. The number of benzene rings is 2. The number of ether oxygens (including phenoxy) is 1. The lowest BCUT2D eigenvalue weighted by Gasteiger charge is -2.31. The molecule has 7 nitrogen and oxygen atoms in total. The fraction of sp³-hybridized carbons (Fsp3) is 0.360. The molecule has 0 radical (unpaired) electrons. The van der Waals surface area contributed by atoms with Gasteiger partial charge < -0.3 is 4.74 Å². The van der Waals surface area contributed by atoms with Crippen molar-refractivity contribution in [3.05, 3.63) is 59.7 Å². The number of amides is 1. The van der Waals surface area contributed by atoms with E-state index in [1.807, 2.05) is 26.0 Å². The number of hydrogen-bond donors (Lipinski definition) is 1. The Labute approximate surface area is 195 Å². The van der Waals surface area contributed by atoms with Crippen molar-refractivity contribution in [3.63, 3.8) is 0 Å². The van der Waals surface area contributed by atoms with Gasteiger partial charge in [0.2, 0.25) is 10.0 Å². The molecule has 0 aromatic heterocycles. The Hall–Kier alpha value is -3.15. The third kappa shape index (κ3) is 6.91. The average molecular weight is 469 g/mol. The van der Waals surface area contributed by atoms with Gasteiger partial charge in [0.05, 0.1) is 11.4 Å². The van der Waals surface area contributed by atoms with E-state index in [4.69, 9.17) is 4.74 Å². The summed E-state index contributed by atoms with van der Waals surface area (Å²) in [6.45, 7) is 3.63. The molecule has 1 saturated carbocycles. The molecule has 3 rings (SSSR count). The SMILES string of the molecule is Cc1ccc(NC(=O)OCC#CCN(C2CCC(=O)CC2)S(=O)(=O)c2ccc(C)cc2)cc1. The van der Waals surface area contributed by atoms with Crippen LogP contribution in [0.2, 0.25) is 0 Å². The molecular weight excluding hydrogens is 440 g/mol. The number of aryl methyl sites for hydroxylation is 2. The van der Waals surface area contributed by atoms with E-state index in [-0.39, 0.29) is 29.9 Å². The van der Waals surface area contributed by atoms with Gasteiger partial charge in [-0.15, -0.1) is 0 Å². The smallest absolute Gasteiger partial charge is 0.412 e. The summed E-state index contributed by atoms with van der Waals surface area (Å²) in [6.07, 6.45) is 1.03. The number of Topliss-reactive ketones (excluding diaryl/α,β-unsaturated/α-hetero) is 1. The molecule has 0 spiro atoms. The van der Waals surface area contributed by atoms with Crippen LogP contribution in [0.5, 0.6) is 0 Å². The maximum atomic E-state index is 13.3. The Balaban J connectivity index is 1.64. The van der Waals surface area contributed by atoms with E-state index in [9.17, 15) is 18.0 Å². The zero-order valence-corrected chi connectivity index (χ0v) is 19.7. The number of hydrogen-bond acceptors (Lipinski definition) is 5. The van der Waals surface area contributed by atoms with Crippen molar-refractivity contribution in [1.82, 2.24) is 4.31 Å². The summed E-state index contributed by atoms with van der Waals surface area (Å²) in [7, 11) is -3.78. The Morgan fingerprint density at radius 3 is 2.18 bits per heavy atom. The largest absolute Gasteiger partial charge is 0.436 e. The van der Waals surface area contributed by atoms with Crippen molar-refractivity contribution in [2.75, 3.05) is 18.5 Å². The fourth-order valence-electron chi connectivity index (χ4n) is 3.55. The van der Waals surface area contributed by atoms with Crippen LogP contribution in [0.3, 0.4) is 0 Å². The molecule has 0 heterocycles. The van der Waals surface area contributed by atoms with Crippen molar-refractivity contribution >= 4 is 27.6 Å². The molecule has 1 aliphatic carbocycles. The molecule has 2 aromatic carbocycles. The van der Waals surface area contributed by atoms with Crippen LogP contribution in [0.1, 0.15) is 36.8 Å². The van der Waals surface area contributed by atoms with Gasteiger partial charge in [0.25, 0.3) is 0 Å². The molecule has 0 unspecified atom stereocenters. The predicted molar refractivity (Wildman–Crippen MR) is 126 cm³/mol. The summed E-state index contributed by atoms with van der Waals surface area (Å²) in [5.74, 6) is 5.68. The molecule has 2 aromatic rings. The number of rotatable bonds is 6. The van der Waals surface area contributed by atoms with E-state index in [2.05, 4.69) is 17.2 Å². The van der Waals surface area contributed by atoms with Crippen LogP contribution in [0.25, 0.3) is 0 Å². The van der Waals surface area contributed by atoms with E-state index in [1.54, 1.807) is 36.4 Å². The van der Waals surface area contributed by atoms with Gasteiger partial charge in [-0.25, -0.2) is 13.2 Å². The van der Waals surface area contributed by atoms with Gasteiger partial charge in [-0.1, -0.05) is 47.2 Å². The Morgan fingerprint density at radius 1 is 1.00 bits per heavy atom. The Bertz CT molecular complexity index is 1140. The van der Waals surface area contributed by atoms with Gasteiger partial charge in [0.15, 0.2) is 6.61 Å². The van der Waals surface area contributed by atoms with E-state index < -0.39 is 16.1 Å². The first kappa shape index (κ1) is 24.5. The van der Waals surface area contributed by atoms with E-state index in [0.29, 0.717) is 31.4 Å². The monoisotopic (exact) mass is 468 g/mol. The molecule has 1 fully saturated rings. The van der Waals surface area contributed by atoms with Gasteiger partial charge in [-0.05, 0) is 51.0 Å². The zero-order valence-electron chi connectivity index (χ0n) is 18.8. The quantitative estimate of drug-likeness (QED) is 0.646. The fourth-order valence-corrected chi connectivity index (χ4v) is 5.13. The number of nitrogens with zero attached hydrogens (tertiary/aromatic N) is 1. The summed E-state index contributed by atoms with van der Waals surface area (Å²) >= 11 is 0. The number of nitrogens with one attached hydrogen (secondary N) is 1. The molecule has 1 amide bonds. The second-order valence-electron chi connectivity index (χ2n) is 8.05. The van der Waals surface area contributed by atoms with Crippen LogP contribution in [-0.4, -0.2) is 43.8 Å². The van der Waals surface area contributed by atoms with E-state index in [0.717, 1.165) is 11.1 Å². The molecular formula is C25H28N2O5S. The minimum Gasteiger partial charge on any atom is -0.436 e. The van der Waals surface area contributed by atoms with Crippen molar-refractivity contribution < 1.29 is 22.7 Å². The molecule has 0 aliphatic heterocycles. The summed E-state index contributed by atoms with van der Waals surface area (Å²) < 4.78 is 33.0. The maximum Gasteiger partial charge on any atom is 0.412 e. The third-order valence-electron chi connectivity index (χ3n) is 5.48. The predicted octanol–water partition coefficient (Wildman–Crippen LogP) is 4.06. The summed E-state index contributed by atoms with van der Waals surface area (Å²) in [4.78, 5) is 23.7. The highest BCUT2D eigenvalue weighted by Gasteiger charge is 2.33. The standard InChI is InChI=1S/C25H28N2O5S/c1-19-5-9-21(10-6-19)26-25(29)32-18-4-3-17-27(22-11-13-23(28)14-12-22)33(30,31)24-15-7-20(2)8-16-24/h5-10,15-16,22H,11-14,17-18H2,1-2H3,(H,26,29). The first-order chi connectivity index (χ1) is 15.8. The summed E-state index contributed by atoms with van der Waals surface area (Å²) in [5.41, 5.74) is 2.65. The van der Waals surface area contributed by atoms with Crippen LogP contribution in [0.15, 0.2) is 53.4 Å². The topological polar surface area (TPSA) is 92.8 Å². The van der Waals surface area contributed by atoms with Gasteiger partial charge in [0.1, 0.15) is 5.78 Å². The molecule has 0 bridgehead atoms. The van der Waals surface area contributed by atoms with Crippen LogP contribution >= 0.6 is 0 Å². The minimum absolute atomic E-state index is 0.0436. The van der Waals surface area contributed by atoms with Crippen LogP contribution in [0.4, 0.5) is 10.5 Å². The van der Waals surface area contributed by atoms with Crippen LogP contribution < -0.4 is 5.32 Å². The highest BCUT2D eigenvalue weighted by atomic mass is 32.2. The van der Waals surface area contributed by atoms with Crippen LogP contribution in [0, 0.1) is 25.7 Å². The molecule has 0 atom stereocenters. The number of sulfonamides is 1. The molecule has 33 heavy (non-hydrogen) atoms. The van der Waals surface area contributed by atoms with Crippen molar-refractivity contribution in [2.24, 2.45) is 0 Å². The normalized spacial score (nSPS) is 14.5. The second-order valence-corrected chi connectivity index (χ2v) is 9.94. The molecule has 1 aliphatic rings. The van der Waals surface area contributed by atoms with Gasteiger partial charge >= 0.3 is 6.09 Å². The number of anilines is 1. The second kappa shape index (κ2) is 11.1. The molecule has 174 valence electrons. The highest BCUT2D eigenvalue weighted by Crippen LogP contribution is 2.26. The number of carbonyl (C=O) groups is 2. The van der Waals surface area contributed by atoms with Crippen molar-refractivity contribution in [1.29, 1.82) is 0 Å². The average Bonchev–Trinajstić information content (AvgIpc) is 2.79. The van der Waals surface area contributed by atoms with Crippen molar-refractivity contribution in [3.8, 4) is 11.8 Å². The Kier molecular flexibility index (Phi) is 8.26. The van der Waals surface area contributed by atoms with Gasteiger partial charge in [0, 0.05) is 24.6 Å². The van der Waals surface area contributed by atoms with Crippen molar-refractivity contribution in [2.45, 2.75) is 50.5 Å². The summed E-state index contributed by atoms with van der Waals surface area (Å²) in [6, 6.07) is 13.7. The first-order valence-electron chi connectivity index (χ1n) is 10.8. The molecule has 8 heteroatoms. The first-order valence-corrected chi connectivity index (χ1v) is 12.3. The van der Waals surface area contributed by atoms with E-state index in [1.165, 1.54) is 4.31 Å². The Morgan fingerprint density at radius 2 is 1.58 bits per heavy atom. The zero-order chi connectivity index (χ0) is 23.8. The van der Waals surface area contributed by atoms with Gasteiger partial charge in [-0.2, -0.15) is 4.31 Å².